The van der Waals surface area contributed by atoms with Crippen molar-refractivity contribution in [2.24, 2.45) is 5.92 Å². The number of carbonyl (C=O) groups excluding carboxylic acids is 2. The van der Waals surface area contributed by atoms with Crippen molar-refractivity contribution in [1.82, 2.24) is 10.6 Å². The molecule has 0 spiro atoms. The molecule has 144 valence electrons. The Balaban J connectivity index is 1.64. The van der Waals surface area contributed by atoms with E-state index in [1.54, 1.807) is 24.3 Å². The van der Waals surface area contributed by atoms with E-state index in [9.17, 15) is 9.59 Å². The van der Waals surface area contributed by atoms with Crippen molar-refractivity contribution in [3.05, 3.63) is 60.2 Å². The predicted molar refractivity (Wildman–Crippen MR) is 104 cm³/mol. The molecule has 0 aliphatic carbocycles. The minimum absolute atomic E-state index is 0.0323. The molecule has 0 aromatic heterocycles. The fraction of sp³-hybridized carbons (Fsp3) is 0.333. The summed E-state index contributed by atoms with van der Waals surface area (Å²) in [5.41, 5.74) is 1.10. The van der Waals surface area contributed by atoms with Crippen LogP contribution < -0.4 is 20.1 Å². The Bertz CT molecular complexity index is 715. The summed E-state index contributed by atoms with van der Waals surface area (Å²) in [6.45, 7) is 4.82. The zero-order valence-corrected chi connectivity index (χ0v) is 15.7. The van der Waals surface area contributed by atoms with Crippen molar-refractivity contribution in [3.63, 3.8) is 0 Å². The number of hydrogen-bond acceptors (Lipinski definition) is 4. The molecule has 0 heterocycles. The molecule has 0 aliphatic rings. The van der Waals surface area contributed by atoms with Crippen molar-refractivity contribution >= 4 is 11.8 Å². The highest BCUT2D eigenvalue weighted by molar-refractivity contribution is 5.78. The Labute approximate surface area is 159 Å². The van der Waals surface area contributed by atoms with Crippen molar-refractivity contribution < 1.29 is 19.1 Å². The van der Waals surface area contributed by atoms with E-state index in [1.165, 1.54) is 0 Å². The molecule has 2 amide bonds. The first-order valence-corrected chi connectivity index (χ1v) is 8.98. The standard InChI is InChI=1S/C21H26N2O4/c1-16(2)21(25)23-13-12-22-20(24)15-27-19-10-8-18(9-11-19)26-14-17-6-4-3-5-7-17/h3-11,16H,12-15H2,1-2H3,(H,22,24)(H,23,25). The van der Waals surface area contributed by atoms with Gasteiger partial charge >= 0.3 is 0 Å². The molecule has 0 unspecified atom stereocenters. The van der Waals surface area contributed by atoms with Gasteiger partial charge in [0.2, 0.25) is 5.91 Å². The van der Waals surface area contributed by atoms with Gasteiger partial charge in [-0.1, -0.05) is 44.2 Å². The Morgan fingerprint density at radius 3 is 2.07 bits per heavy atom. The molecule has 2 aromatic rings. The molecule has 0 saturated heterocycles. The SMILES string of the molecule is CC(C)C(=O)NCCNC(=O)COc1ccc(OCc2ccccc2)cc1. The van der Waals surface area contributed by atoms with E-state index in [1.807, 2.05) is 44.2 Å². The lowest BCUT2D eigenvalue weighted by molar-refractivity contribution is -0.125. The summed E-state index contributed by atoms with van der Waals surface area (Å²) in [6.07, 6.45) is 0. The molecular weight excluding hydrogens is 344 g/mol. The van der Waals surface area contributed by atoms with E-state index in [0.29, 0.717) is 25.4 Å². The average molecular weight is 370 g/mol. The maximum Gasteiger partial charge on any atom is 0.258 e. The largest absolute Gasteiger partial charge is 0.489 e. The van der Waals surface area contributed by atoms with E-state index in [-0.39, 0.29) is 24.3 Å². The predicted octanol–water partition coefficient (Wildman–Crippen LogP) is 2.53. The van der Waals surface area contributed by atoms with Crippen molar-refractivity contribution in [3.8, 4) is 11.5 Å². The van der Waals surface area contributed by atoms with E-state index in [4.69, 9.17) is 9.47 Å². The number of nitrogens with one attached hydrogen (secondary N) is 2. The Kier molecular flexibility index (Phi) is 8.16. The number of benzene rings is 2. The minimum Gasteiger partial charge on any atom is -0.489 e. The van der Waals surface area contributed by atoms with Gasteiger partial charge in [0, 0.05) is 19.0 Å². The number of ether oxygens (including phenoxy) is 2. The topological polar surface area (TPSA) is 76.7 Å². The second-order valence-electron chi connectivity index (χ2n) is 6.33. The normalized spacial score (nSPS) is 10.3. The van der Waals surface area contributed by atoms with Crippen LogP contribution in [0.25, 0.3) is 0 Å². The van der Waals surface area contributed by atoms with Gasteiger partial charge in [0.25, 0.3) is 5.91 Å². The maximum absolute atomic E-state index is 11.7. The Hall–Kier alpha value is -3.02. The molecular formula is C21H26N2O4. The highest BCUT2D eigenvalue weighted by Crippen LogP contribution is 2.18. The van der Waals surface area contributed by atoms with Gasteiger partial charge in [0.1, 0.15) is 18.1 Å². The third-order valence-electron chi connectivity index (χ3n) is 3.71. The van der Waals surface area contributed by atoms with Gasteiger partial charge in [-0.2, -0.15) is 0 Å². The first-order chi connectivity index (χ1) is 13.0. The van der Waals surface area contributed by atoms with Crippen LogP contribution in [0, 0.1) is 5.92 Å². The van der Waals surface area contributed by atoms with Crippen LogP contribution in [0.4, 0.5) is 0 Å². The van der Waals surface area contributed by atoms with E-state index in [2.05, 4.69) is 10.6 Å². The monoisotopic (exact) mass is 370 g/mol. The van der Waals surface area contributed by atoms with Gasteiger partial charge in [0.15, 0.2) is 6.61 Å². The third-order valence-corrected chi connectivity index (χ3v) is 3.71. The number of amides is 2. The van der Waals surface area contributed by atoms with Crippen LogP contribution in [-0.4, -0.2) is 31.5 Å². The van der Waals surface area contributed by atoms with Crippen LogP contribution in [0.3, 0.4) is 0 Å². The van der Waals surface area contributed by atoms with Crippen LogP contribution in [0.5, 0.6) is 11.5 Å². The maximum atomic E-state index is 11.7. The second kappa shape index (κ2) is 10.9. The minimum atomic E-state index is -0.238. The van der Waals surface area contributed by atoms with Gasteiger partial charge in [0.05, 0.1) is 0 Å². The summed E-state index contributed by atoms with van der Waals surface area (Å²) >= 11 is 0. The summed E-state index contributed by atoms with van der Waals surface area (Å²) < 4.78 is 11.2. The van der Waals surface area contributed by atoms with Gasteiger partial charge in [-0.05, 0) is 29.8 Å². The molecule has 0 aliphatic heterocycles. The van der Waals surface area contributed by atoms with Gasteiger partial charge in [-0.25, -0.2) is 0 Å². The van der Waals surface area contributed by atoms with Crippen molar-refractivity contribution in [2.75, 3.05) is 19.7 Å². The molecule has 0 radical (unpaired) electrons. The molecule has 6 nitrogen and oxygen atoms in total. The fourth-order valence-electron chi connectivity index (χ4n) is 2.16. The average Bonchev–Trinajstić information content (AvgIpc) is 2.69. The molecule has 27 heavy (non-hydrogen) atoms. The first kappa shape index (κ1) is 20.3. The Morgan fingerprint density at radius 1 is 0.852 bits per heavy atom. The highest BCUT2D eigenvalue weighted by Gasteiger charge is 2.06. The van der Waals surface area contributed by atoms with Gasteiger partial charge in [-0.15, -0.1) is 0 Å². The molecule has 0 saturated carbocycles. The summed E-state index contributed by atoms with van der Waals surface area (Å²) in [5.74, 6) is 0.985. The van der Waals surface area contributed by atoms with Gasteiger partial charge in [-0.3, -0.25) is 9.59 Å². The Morgan fingerprint density at radius 2 is 1.44 bits per heavy atom. The van der Waals surface area contributed by atoms with E-state index >= 15 is 0 Å². The second-order valence-corrected chi connectivity index (χ2v) is 6.33. The molecule has 2 rings (SSSR count). The molecule has 0 fully saturated rings. The first-order valence-electron chi connectivity index (χ1n) is 8.98. The number of carbonyl (C=O) groups is 2. The quantitative estimate of drug-likeness (QED) is 0.630. The molecule has 0 atom stereocenters. The van der Waals surface area contributed by atoms with Crippen LogP contribution in [0.15, 0.2) is 54.6 Å². The van der Waals surface area contributed by atoms with Crippen molar-refractivity contribution in [2.45, 2.75) is 20.5 Å². The zero-order valence-electron chi connectivity index (χ0n) is 15.7. The lowest BCUT2D eigenvalue weighted by Crippen LogP contribution is -2.38. The summed E-state index contributed by atoms with van der Waals surface area (Å²) in [5, 5.41) is 5.43. The molecule has 2 aromatic carbocycles. The van der Waals surface area contributed by atoms with Gasteiger partial charge < -0.3 is 20.1 Å². The smallest absolute Gasteiger partial charge is 0.258 e. The highest BCUT2D eigenvalue weighted by atomic mass is 16.5. The molecule has 6 heteroatoms. The zero-order chi connectivity index (χ0) is 19.5. The number of hydrogen-bond donors (Lipinski definition) is 2. The van der Waals surface area contributed by atoms with Crippen LogP contribution >= 0.6 is 0 Å². The summed E-state index contributed by atoms with van der Waals surface area (Å²) in [4.78, 5) is 23.1. The molecule has 2 N–H and O–H groups in total. The van der Waals surface area contributed by atoms with Crippen molar-refractivity contribution in [1.29, 1.82) is 0 Å². The lowest BCUT2D eigenvalue weighted by Gasteiger charge is -2.10. The fourth-order valence-corrected chi connectivity index (χ4v) is 2.16. The van der Waals surface area contributed by atoms with E-state index < -0.39 is 0 Å². The van der Waals surface area contributed by atoms with Crippen LogP contribution in [0.1, 0.15) is 19.4 Å². The third kappa shape index (κ3) is 7.81. The molecule has 0 bridgehead atoms. The van der Waals surface area contributed by atoms with Crippen LogP contribution in [0.2, 0.25) is 0 Å². The summed E-state index contributed by atoms with van der Waals surface area (Å²) in [7, 11) is 0. The lowest BCUT2D eigenvalue weighted by atomic mass is 10.2. The summed E-state index contributed by atoms with van der Waals surface area (Å²) in [6, 6.07) is 17.0. The van der Waals surface area contributed by atoms with Crippen LogP contribution in [-0.2, 0) is 16.2 Å². The van der Waals surface area contributed by atoms with E-state index in [0.717, 1.165) is 11.3 Å². The number of rotatable bonds is 10.